The van der Waals surface area contributed by atoms with Crippen LogP contribution in [0.2, 0.25) is 5.02 Å². The maximum atomic E-state index is 12.3. The molecule has 1 aromatic carbocycles. The molecular formula is C16H20ClNO6S. The highest BCUT2D eigenvalue weighted by Crippen LogP contribution is 2.36. The number of halogens is 1. The average molecular weight is 390 g/mol. The third kappa shape index (κ3) is 5.47. The first-order valence-corrected chi connectivity index (χ1v) is 9.34. The van der Waals surface area contributed by atoms with Crippen molar-refractivity contribution in [3.63, 3.8) is 0 Å². The molecule has 1 rings (SSSR count). The van der Waals surface area contributed by atoms with Gasteiger partial charge in [0.2, 0.25) is 0 Å². The Morgan fingerprint density at radius 1 is 1.40 bits per heavy atom. The first-order chi connectivity index (χ1) is 11.8. The van der Waals surface area contributed by atoms with Gasteiger partial charge in [-0.3, -0.25) is 0 Å². The van der Waals surface area contributed by atoms with Gasteiger partial charge in [0.05, 0.1) is 29.2 Å². The quantitative estimate of drug-likeness (QED) is 0.212. The number of methoxy groups -OCH3 is 1. The number of esters is 1. The highest BCUT2D eigenvalue weighted by molar-refractivity contribution is 7.91. The molecule has 0 saturated carbocycles. The van der Waals surface area contributed by atoms with E-state index in [0.29, 0.717) is 5.71 Å². The summed E-state index contributed by atoms with van der Waals surface area (Å²) < 4.78 is 34.7. The third-order valence-corrected chi connectivity index (χ3v) is 5.15. The Morgan fingerprint density at radius 3 is 2.64 bits per heavy atom. The lowest BCUT2D eigenvalue weighted by atomic mass is 10.2. The van der Waals surface area contributed by atoms with Crippen molar-refractivity contribution in [1.29, 1.82) is 0 Å². The van der Waals surface area contributed by atoms with Crippen molar-refractivity contribution in [2.24, 2.45) is 5.16 Å². The van der Waals surface area contributed by atoms with E-state index in [1.807, 2.05) is 0 Å². The molecule has 0 aliphatic heterocycles. The van der Waals surface area contributed by atoms with E-state index in [-0.39, 0.29) is 40.2 Å². The van der Waals surface area contributed by atoms with Crippen LogP contribution in [0.5, 0.6) is 5.75 Å². The van der Waals surface area contributed by atoms with E-state index in [4.69, 9.17) is 21.2 Å². The minimum Gasteiger partial charge on any atom is -0.485 e. The lowest BCUT2D eigenvalue weighted by Crippen LogP contribution is -2.14. The summed E-state index contributed by atoms with van der Waals surface area (Å²) in [5.41, 5.74) is 0.452. The number of carbonyl (C=O) groups excluding carboxylic acids is 1. The Balaban J connectivity index is 3.26. The second kappa shape index (κ2) is 9.43. The second-order valence-corrected chi connectivity index (χ2v) is 7.47. The van der Waals surface area contributed by atoms with Crippen molar-refractivity contribution >= 4 is 33.1 Å². The number of benzene rings is 1. The minimum absolute atomic E-state index is 0.00622. The molecule has 0 N–H and O–H groups in total. The van der Waals surface area contributed by atoms with Crippen LogP contribution in [0.15, 0.2) is 34.8 Å². The molecule has 25 heavy (non-hydrogen) atoms. The van der Waals surface area contributed by atoms with Crippen LogP contribution >= 0.6 is 11.6 Å². The minimum atomic E-state index is -3.62. The van der Waals surface area contributed by atoms with Gasteiger partial charge in [-0.15, -0.1) is 0 Å². The maximum absolute atomic E-state index is 12.3. The van der Waals surface area contributed by atoms with Crippen LogP contribution in [0, 0.1) is 0 Å². The van der Waals surface area contributed by atoms with Crippen LogP contribution in [0.3, 0.4) is 0 Å². The molecule has 0 atom stereocenters. The van der Waals surface area contributed by atoms with E-state index in [9.17, 15) is 13.2 Å². The molecule has 0 radical (unpaired) electrons. The van der Waals surface area contributed by atoms with Gasteiger partial charge in [-0.25, -0.2) is 13.2 Å². The fraction of sp³-hybridized carbons (Fsp3) is 0.375. The summed E-state index contributed by atoms with van der Waals surface area (Å²) in [5.74, 6) is -0.966. The standard InChI is InChI=1S/C16H20ClNO6S/c1-5-9-24-18-11(3)10-23-15-13(25(20,21)6-2)8-7-12(14(15)17)16(19)22-4/h5,7-8H,1,6,9-10H2,2-4H3/b18-11-. The zero-order chi connectivity index (χ0) is 19.0. The van der Waals surface area contributed by atoms with Gasteiger partial charge in [-0.1, -0.05) is 36.3 Å². The topological polar surface area (TPSA) is 91.3 Å². The fourth-order valence-corrected chi connectivity index (χ4v) is 3.13. The van der Waals surface area contributed by atoms with Crippen molar-refractivity contribution in [3.05, 3.63) is 35.4 Å². The van der Waals surface area contributed by atoms with Crippen molar-refractivity contribution in [1.82, 2.24) is 0 Å². The highest BCUT2D eigenvalue weighted by atomic mass is 35.5. The number of hydrogen-bond acceptors (Lipinski definition) is 7. The predicted octanol–water partition coefficient (Wildman–Crippen LogP) is 2.88. The lowest BCUT2D eigenvalue weighted by molar-refractivity contribution is 0.0600. The van der Waals surface area contributed by atoms with Crippen molar-refractivity contribution in [2.75, 3.05) is 26.1 Å². The predicted molar refractivity (Wildman–Crippen MR) is 95.3 cm³/mol. The summed E-state index contributed by atoms with van der Waals surface area (Å²) in [6.07, 6.45) is 1.53. The maximum Gasteiger partial charge on any atom is 0.339 e. The number of rotatable bonds is 9. The summed E-state index contributed by atoms with van der Waals surface area (Å²) in [5, 5.41) is 3.64. The van der Waals surface area contributed by atoms with Crippen LogP contribution in [-0.4, -0.2) is 46.2 Å². The van der Waals surface area contributed by atoms with Gasteiger partial charge in [0.15, 0.2) is 15.6 Å². The zero-order valence-corrected chi connectivity index (χ0v) is 15.8. The Labute approximate surface area is 152 Å². The molecule has 0 fully saturated rings. The summed E-state index contributed by atoms with van der Waals surface area (Å²) in [6.45, 7) is 6.77. The second-order valence-electron chi connectivity index (χ2n) is 4.85. The molecular weight excluding hydrogens is 370 g/mol. The SMILES string of the molecule is C=CCO/N=C(/C)COc1c(S(=O)(=O)CC)ccc(C(=O)OC)c1Cl. The van der Waals surface area contributed by atoms with Gasteiger partial charge in [0.1, 0.15) is 18.1 Å². The normalized spacial score (nSPS) is 11.8. The zero-order valence-electron chi connectivity index (χ0n) is 14.2. The Morgan fingerprint density at radius 2 is 2.08 bits per heavy atom. The van der Waals surface area contributed by atoms with Gasteiger partial charge >= 0.3 is 5.97 Å². The number of carbonyl (C=O) groups is 1. The summed E-state index contributed by atoms with van der Waals surface area (Å²) in [7, 11) is -2.42. The summed E-state index contributed by atoms with van der Waals surface area (Å²) in [4.78, 5) is 16.6. The van der Waals surface area contributed by atoms with Crippen molar-refractivity contribution in [3.8, 4) is 5.75 Å². The molecule has 0 saturated heterocycles. The highest BCUT2D eigenvalue weighted by Gasteiger charge is 2.25. The van der Waals surface area contributed by atoms with Crippen LogP contribution in [0.4, 0.5) is 0 Å². The number of hydrogen-bond donors (Lipinski definition) is 0. The smallest absolute Gasteiger partial charge is 0.339 e. The van der Waals surface area contributed by atoms with Gasteiger partial charge in [0, 0.05) is 0 Å². The molecule has 0 unspecified atom stereocenters. The van der Waals surface area contributed by atoms with Crippen molar-refractivity contribution < 1.29 is 27.5 Å². The van der Waals surface area contributed by atoms with E-state index in [2.05, 4.69) is 16.5 Å². The monoisotopic (exact) mass is 389 g/mol. The molecule has 0 aliphatic carbocycles. The van der Waals surface area contributed by atoms with Crippen LogP contribution in [0.25, 0.3) is 0 Å². The van der Waals surface area contributed by atoms with E-state index in [1.165, 1.54) is 32.2 Å². The average Bonchev–Trinajstić information content (AvgIpc) is 2.59. The molecule has 0 heterocycles. The Hall–Kier alpha value is -2.06. The molecule has 138 valence electrons. The summed E-state index contributed by atoms with van der Waals surface area (Å²) in [6, 6.07) is 2.56. The van der Waals surface area contributed by atoms with Crippen molar-refractivity contribution in [2.45, 2.75) is 18.7 Å². The summed E-state index contributed by atoms with van der Waals surface area (Å²) >= 11 is 6.19. The molecule has 0 amide bonds. The largest absolute Gasteiger partial charge is 0.485 e. The first kappa shape index (κ1) is 21.0. The number of sulfone groups is 1. The van der Waals surface area contributed by atoms with Crippen LogP contribution in [-0.2, 0) is 19.4 Å². The molecule has 1 aromatic rings. The Kier molecular flexibility index (Phi) is 7.92. The van der Waals surface area contributed by atoms with Gasteiger partial charge in [-0.2, -0.15) is 0 Å². The van der Waals surface area contributed by atoms with Gasteiger partial charge in [-0.05, 0) is 19.1 Å². The van der Waals surface area contributed by atoms with E-state index in [1.54, 1.807) is 6.92 Å². The molecule has 0 bridgehead atoms. The first-order valence-electron chi connectivity index (χ1n) is 7.31. The Bertz CT molecular complexity index is 773. The third-order valence-electron chi connectivity index (χ3n) is 3.02. The van der Waals surface area contributed by atoms with E-state index < -0.39 is 15.8 Å². The fourth-order valence-electron chi connectivity index (χ4n) is 1.74. The molecule has 0 spiro atoms. The van der Waals surface area contributed by atoms with E-state index >= 15 is 0 Å². The van der Waals surface area contributed by atoms with Crippen LogP contribution in [0.1, 0.15) is 24.2 Å². The number of oxime groups is 1. The van der Waals surface area contributed by atoms with E-state index in [0.717, 1.165) is 0 Å². The molecule has 7 nitrogen and oxygen atoms in total. The lowest BCUT2D eigenvalue weighted by Gasteiger charge is -2.15. The molecule has 0 aliphatic rings. The molecule has 9 heteroatoms. The van der Waals surface area contributed by atoms with Crippen LogP contribution < -0.4 is 4.74 Å². The van der Waals surface area contributed by atoms with Gasteiger partial charge in [0.25, 0.3) is 0 Å². The number of nitrogens with zero attached hydrogens (tertiary/aromatic N) is 1. The molecule has 0 aromatic heterocycles. The number of ether oxygens (including phenoxy) is 2. The van der Waals surface area contributed by atoms with Gasteiger partial charge < -0.3 is 14.3 Å².